The van der Waals surface area contributed by atoms with Crippen LogP contribution < -0.4 is 0 Å². The lowest BCUT2D eigenvalue weighted by molar-refractivity contribution is 0.112. The van der Waals surface area contributed by atoms with Gasteiger partial charge in [0.2, 0.25) is 0 Å². The second-order valence-corrected chi connectivity index (χ2v) is 4.09. The van der Waals surface area contributed by atoms with Crippen molar-refractivity contribution in [3.05, 3.63) is 33.4 Å². The number of nitrogens with zero attached hydrogens (tertiary/aromatic N) is 2. The molecular weight excluding hydrogens is 232 g/mol. The van der Waals surface area contributed by atoms with Gasteiger partial charge in [0.15, 0.2) is 6.29 Å². The number of carbonyl (C=O) groups excluding carboxylic acids is 1. The Morgan fingerprint density at radius 2 is 2.27 bits per heavy atom. The molecule has 0 N–H and O–H groups in total. The van der Waals surface area contributed by atoms with Gasteiger partial charge in [-0.05, 0) is 18.4 Å². The summed E-state index contributed by atoms with van der Waals surface area (Å²) in [7, 11) is 0. The zero-order chi connectivity index (χ0) is 10.8. The van der Waals surface area contributed by atoms with E-state index < -0.39 is 0 Å². The summed E-state index contributed by atoms with van der Waals surface area (Å²) in [6.07, 6.45) is 0.689. The first kappa shape index (κ1) is 10.3. The van der Waals surface area contributed by atoms with Gasteiger partial charge in [-0.2, -0.15) is 11.3 Å². The highest BCUT2D eigenvalue weighted by molar-refractivity contribution is 7.08. The van der Waals surface area contributed by atoms with Gasteiger partial charge in [0.05, 0.1) is 11.3 Å². The van der Waals surface area contributed by atoms with Crippen molar-refractivity contribution in [2.45, 2.75) is 6.92 Å². The summed E-state index contributed by atoms with van der Waals surface area (Å²) in [4.78, 5) is 19.1. The minimum atomic E-state index is 0.207. The predicted molar refractivity (Wildman–Crippen MR) is 60.5 cm³/mol. The second kappa shape index (κ2) is 4.08. The first-order valence-electron chi connectivity index (χ1n) is 4.24. The van der Waals surface area contributed by atoms with Gasteiger partial charge in [-0.1, -0.05) is 11.6 Å². The van der Waals surface area contributed by atoms with Crippen LogP contribution in [-0.2, 0) is 0 Å². The molecule has 76 valence electrons. The minimum absolute atomic E-state index is 0.207. The summed E-state index contributed by atoms with van der Waals surface area (Å²) in [5.74, 6) is 0.562. The van der Waals surface area contributed by atoms with E-state index in [1.54, 1.807) is 18.3 Å². The van der Waals surface area contributed by atoms with Gasteiger partial charge in [-0.15, -0.1) is 0 Å². The van der Waals surface area contributed by atoms with E-state index in [-0.39, 0.29) is 5.15 Å². The number of halogens is 1. The van der Waals surface area contributed by atoms with Gasteiger partial charge in [0, 0.05) is 10.9 Å². The maximum atomic E-state index is 10.9. The van der Waals surface area contributed by atoms with Gasteiger partial charge < -0.3 is 0 Å². The average Bonchev–Trinajstić information content (AvgIpc) is 2.69. The van der Waals surface area contributed by atoms with Crippen molar-refractivity contribution in [3.63, 3.8) is 0 Å². The van der Waals surface area contributed by atoms with Gasteiger partial charge in [-0.25, -0.2) is 9.97 Å². The van der Waals surface area contributed by atoms with Crippen LogP contribution in [0.25, 0.3) is 11.3 Å². The molecule has 0 bridgehead atoms. The third-order valence-corrected chi connectivity index (χ3v) is 2.89. The van der Waals surface area contributed by atoms with Crippen molar-refractivity contribution in [1.82, 2.24) is 9.97 Å². The molecule has 2 rings (SSSR count). The van der Waals surface area contributed by atoms with Crippen LogP contribution in [0.3, 0.4) is 0 Å². The molecule has 0 spiro atoms. The molecule has 5 heteroatoms. The van der Waals surface area contributed by atoms with E-state index in [4.69, 9.17) is 11.6 Å². The number of hydrogen-bond acceptors (Lipinski definition) is 4. The highest BCUT2D eigenvalue weighted by Crippen LogP contribution is 2.26. The molecule has 0 fully saturated rings. The minimum Gasteiger partial charge on any atom is -0.298 e. The normalized spacial score (nSPS) is 10.3. The van der Waals surface area contributed by atoms with E-state index in [1.165, 1.54) is 0 Å². The van der Waals surface area contributed by atoms with E-state index in [0.717, 1.165) is 5.56 Å². The van der Waals surface area contributed by atoms with Crippen LogP contribution in [0.15, 0.2) is 16.8 Å². The van der Waals surface area contributed by atoms with Crippen LogP contribution in [0, 0.1) is 6.92 Å². The van der Waals surface area contributed by atoms with Crippen LogP contribution in [0.2, 0.25) is 5.15 Å². The maximum Gasteiger partial charge on any atom is 0.155 e. The maximum absolute atomic E-state index is 10.9. The Morgan fingerprint density at radius 3 is 2.87 bits per heavy atom. The van der Waals surface area contributed by atoms with Crippen LogP contribution in [0.5, 0.6) is 0 Å². The summed E-state index contributed by atoms with van der Waals surface area (Å²) in [6.45, 7) is 1.75. The molecule has 2 aromatic rings. The zero-order valence-electron chi connectivity index (χ0n) is 7.90. The fourth-order valence-electron chi connectivity index (χ4n) is 1.27. The highest BCUT2D eigenvalue weighted by atomic mass is 35.5. The van der Waals surface area contributed by atoms with E-state index in [2.05, 4.69) is 9.97 Å². The van der Waals surface area contributed by atoms with Crippen molar-refractivity contribution in [2.24, 2.45) is 0 Å². The summed E-state index contributed by atoms with van der Waals surface area (Å²) >= 11 is 7.42. The number of hydrogen-bond donors (Lipinski definition) is 0. The Bertz CT molecular complexity index is 496. The summed E-state index contributed by atoms with van der Waals surface area (Å²) in [6, 6.07) is 1.90. The molecule has 0 aliphatic rings. The number of aromatic nitrogens is 2. The molecule has 0 aliphatic carbocycles. The molecule has 0 radical (unpaired) electrons. The van der Waals surface area contributed by atoms with E-state index in [9.17, 15) is 4.79 Å². The predicted octanol–water partition coefficient (Wildman–Crippen LogP) is 2.98. The lowest BCUT2D eigenvalue weighted by Crippen LogP contribution is -1.98. The smallest absolute Gasteiger partial charge is 0.155 e. The summed E-state index contributed by atoms with van der Waals surface area (Å²) < 4.78 is 0. The highest BCUT2D eigenvalue weighted by Gasteiger charge is 2.12. The van der Waals surface area contributed by atoms with Gasteiger partial charge in [0.25, 0.3) is 0 Å². The summed E-state index contributed by atoms with van der Waals surface area (Å²) in [5.41, 5.74) is 1.85. The van der Waals surface area contributed by atoms with Gasteiger partial charge in [0.1, 0.15) is 11.0 Å². The van der Waals surface area contributed by atoms with E-state index in [1.807, 2.05) is 16.8 Å². The Morgan fingerprint density at radius 1 is 1.47 bits per heavy atom. The lowest BCUT2D eigenvalue weighted by atomic mass is 10.1. The third kappa shape index (κ3) is 1.91. The topological polar surface area (TPSA) is 42.9 Å². The fraction of sp³-hybridized carbons (Fsp3) is 0.100. The lowest BCUT2D eigenvalue weighted by Gasteiger charge is -2.04. The Labute approximate surface area is 95.8 Å². The molecule has 0 saturated heterocycles. The number of carbonyl (C=O) groups is 1. The van der Waals surface area contributed by atoms with Crippen LogP contribution >= 0.6 is 22.9 Å². The number of aldehydes is 1. The van der Waals surface area contributed by atoms with Crippen molar-refractivity contribution < 1.29 is 4.79 Å². The van der Waals surface area contributed by atoms with Crippen LogP contribution in [0.4, 0.5) is 0 Å². The molecule has 0 amide bonds. The van der Waals surface area contributed by atoms with Gasteiger partial charge in [-0.3, -0.25) is 4.79 Å². The molecular formula is C10H7ClN2OS. The van der Waals surface area contributed by atoms with Crippen LogP contribution in [0.1, 0.15) is 16.2 Å². The monoisotopic (exact) mass is 238 g/mol. The summed E-state index contributed by atoms with van der Waals surface area (Å²) in [5, 5.41) is 4.05. The molecule has 0 atom stereocenters. The standard InChI is InChI=1S/C10H7ClN2OS/c1-6-12-9(7-2-3-15-5-7)8(4-14)10(11)13-6/h2-5H,1H3. The number of aryl methyl sites for hydroxylation is 1. The fourth-order valence-corrected chi connectivity index (χ4v) is 2.17. The molecule has 0 unspecified atom stereocenters. The van der Waals surface area contributed by atoms with Crippen molar-refractivity contribution in [3.8, 4) is 11.3 Å². The first-order valence-corrected chi connectivity index (χ1v) is 5.56. The molecule has 15 heavy (non-hydrogen) atoms. The number of rotatable bonds is 2. The second-order valence-electron chi connectivity index (χ2n) is 2.95. The van der Waals surface area contributed by atoms with E-state index in [0.29, 0.717) is 23.4 Å². The van der Waals surface area contributed by atoms with Crippen molar-refractivity contribution in [1.29, 1.82) is 0 Å². The Balaban J connectivity index is 2.69. The van der Waals surface area contributed by atoms with E-state index >= 15 is 0 Å². The molecule has 2 heterocycles. The van der Waals surface area contributed by atoms with Crippen LogP contribution in [-0.4, -0.2) is 16.3 Å². The average molecular weight is 239 g/mol. The zero-order valence-corrected chi connectivity index (χ0v) is 9.47. The Kier molecular flexibility index (Phi) is 2.79. The Hall–Kier alpha value is -1.26. The van der Waals surface area contributed by atoms with Crippen molar-refractivity contribution in [2.75, 3.05) is 0 Å². The van der Waals surface area contributed by atoms with Crippen molar-refractivity contribution >= 4 is 29.2 Å². The third-order valence-electron chi connectivity index (χ3n) is 1.92. The molecule has 3 nitrogen and oxygen atoms in total. The molecule has 0 aromatic carbocycles. The SMILES string of the molecule is Cc1nc(Cl)c(C=O)c(-c2ccsc2)n1. The molecule has 0 aliphatic heterocycles. The molecule has 2 aromatic heterocycles. The number of thiophene rings is 1. The van der Waals surface area contributed by atoms with Gasteiger partial charge >= 0.3 is 0 Å². The molecule has 0 saturated carbocycles. The largest absolute Gasteiger partial charge is 0.298 e. The quantitative estimate of drug-likeness (QED) is 0.597. The first-order chi connectivity index (χ1) is 7.22.